The van der Waals surface area contributed by atoms with Crippen molar-refractivity contribution < 1.29 is 9.59 Å². The largest absolute Gasteiger partial charge is 0.366 e. The number of imidazole rings is 1. The molecule has 128 valence electrons. The molecule has 2 heterocycles. The number of primary amides is 1. The van der Waals surface area contributed by atoms with Crippen LogP contribution in [-0.4, -0.2) is 38.3 Å². The number of carbonyl (C=O) groups excluding carboxylic acids is 2. The fourth-order valence-electron chi connectivity index (χ4n) is 2.54. The summed E-state index contributed by atoms with van der Waals surface area (Å²) in [5, 5.41) is 2.79. The SMILES string of the molecule is Cc1csc(CN(C)C(=O)c2cccc(C(N)=O)c2-n2ccnc2)n1. The van der Waals surface area contributed by atoms with E-state index in [9.17, 15) is 9.59 Å². The molecule has 0 atom stereocenters. The van der Waals surface area contributed by atoms with E-state index in [0.29, 0.717) is 17.8 Å². The number of carbonyl (C=O) groups is 2. The number of hydrogen-bond donors (Lipinski definition) is 1. The van der Waals surface area contributed by atoms with Crippen LogP contribution in [-0.2, 0) is 6.54 Å². The van der Waals surface area contributed by atoms with Gasteiger partial charge in [-0.05, 0) is 19.1 Å². The number of thiazole rings is 1. The zero-order valence-corrected chi connectivity index (χ0v) is 14.7. The van der Waals surface area contributed by atoms with Crippen LogP contribution >= 0.6 is 11.3 Å². The lowest BCUT2D eigenvalue weighted by atomic mass is 10.0. The van der Waals surface area contributed by atoms with Gasteiger partial charge in [-0.1, -0.05) is 6.07 Å². The average molecular weight is 355 g/mol. The maximum atomic E-state index is 13.0. The van der Waals surface area contributed by atoms with Crippen molar-refractivity contribution in [3.63, 3.8) is 0 Å². The summed E-state index contributed by atoms with van der Waals surface area (Å²) in [7, 11) is 1.70. The van der Waals surface area contributed by atoms with E-state index in [4.69, 9.17) is 5.73 Å². The second-order valence-corrected chi connectivity index (χ2v) is 6.52. The predicted octanol–water partition coefficient (Wildman–Crippen LogP) is 2.01. The molecular formula is C17H17N5O2S. The van der Waals surface area contributed by atoms with Crippen molar-refractivity contribution in [2.75, 3.05) is 7.05 Å². The average Bonchev–Trinajstić information content (AvgIpc) is 3.25. The zero-order valence-electron chi connectivity index (χ0n) is 13.8. The van der Waals surface area contributed by atoms with Crippen molar-refractivity contribution in [3.05, 3.63) is 64.1 Å². The molecule has 0 bridgehead atoms. The van der Waals surface area contributed by atoms with Gasteiger partial charge in [-0.2, -0.15) is 0 Å². The fourth-order valence-corrected chi connectivity index (χ4v) is 3.36. The third-order valence-corrected chi connectivity index (χ3v) is 4.63. The Balaban J connectivity index is 1.99. The number of hydrogen-bond acceptors (Lipinski definition) is 5. The van der Waals surface area contributed by atoms with Crippen molar-refractivity contribution in [1.29, 1.82) is 0 Å². The second kappa shape index (κ2) is 6.86. The van der Waals surface area contributed by atoms with Crippen molar-refractivity contribution in [2.45, 2.75) is 13.5 Å². The number of para-hydroxylation sites is 1. The molecule has 0 saturated carbocycles. The van der Waals surface area contributed by atoms with Gasteiger partial charge in [0.2, 0.25) is 0 Å². The number of nitrogens with two attached hydrogens (primary N) is 1. The first-order valence-corrected chi connectivity index (χ1v) is 8.43. The van der Waals surface area contributed by atoms with Crippen LogP contribution in [0.4, 0.5) is 0 Å². The molecule has 7 nitrogen and oxygen atoms in total. The summed E-state index contributed by atoms with van der Waals surface area (Å²) in [6, 6.07) is 4.92. The zero-order chi connectivity index (χ0) is 18.0. The Bertz CT molecular complexity index is 917. The van der Waals surface area contributed by atoms with Crippen LogP contribution in [0.25, 0.3) is 5.69 Å². The first-order chi connectivity index (χ1) is 12.0. The summed E-state index contributed by atoms with van der Waals surface area (Å²) in [6.07, 6.45) is 4.78. The van der Waals surface area contributed by atoms with Gasteiger partial charge < -0.3 is 15.2 Å². The van der Waals surface area contributed by atoms with Crippen LogP contribution in [0.3, 0.4) is 0 Å². The Morgan fingerprint density at radius 1 is 1.32 bits per heavy atom. The van der Waals surface area contributed by atoms with Crippen molar-refractivity contribution in [1.82, 2.24) is 19.4 Å². The minimum atomic E-state index is -0.600. The fraction of sp³-hybridized carbons (Fsp3) is 0.176. The maximum Gasteiger partial charge on any atom is 0.256 e. The summed E-state index contributed by atoms with van der Waals surface area (Å²) < 4.78 is 1.62. The number of amides is 2. The third-order valence-electron chi connectivity index (χ3n) is 3.68. The summed E-state index contributed by atoms with van der Waals surface area (Å²) in [4.78, 5) is 34.7. The van der Waals surface area contributed by atoms with Gasteiger partial charge in [0, 0.05) is 30.5 Å². The summed E-state index contributed by atoms with van der Waals surface area (Å²) in [6.45, 7) is 2.30. The molecule has 0 fully saturated rings. The quantitative estimate of drug-likeness (QED) is 0.757. The minimum Gasteiger partial charge on any atom is -0.366 e. The first-order valence-electron chi connectivity index (χ1n) is 7.55. The number of benzene rings is 1. The predicted molar refractivity (Wildman–Crippen MR) is 94.7 cm³/mol. The van der Waals surface area contributed by atoms with Gasteiger partial charge in [0.15, 0.2) is 0 Å². The smallest absolute Gasteiger partial charge is 0.256 e. The molecule has 8 heteroatoms. The highest BCUT2D eigenvalue weighted by atomic mass is 32.1. The van der Waals surface area contributed by atoms with Gasteiger partial charge in [0.05, 0.1) is 29.7 Å². The van der Waals surface area contributed by atoms with E-state index >= 15 is 0 Å². The first kappa shape index (κ1) is 16.8. The maximum absolute atomic E-state index is 13.0. The van der Waals surface area contributed by atoms with Crippen LogP contribution in [0.15, 0.2) is 42.3 Å². The molecule has 0 radical (unpaired) electrons. The van der Waals surface area contributed by atoms with Crippen molar-refractivity contribution >= 4 is 23.2 Å². The van der Waals surface area contributed by atoms with E-state index in [1.54, 1.807) is 47.1 Å². The molecule has 1 aromatic carbocycles. The molecule has 0 aliphatic carbocycles. The third kappa shape index (κ3) is 3.43. The van der Waals surface area contributed by atoms with Gasteiger partial charge in [0.1, 0.15) is 5.01 Å². The highest BCUT2D eigenvalue weighted by Gasteiger charge is 2.22. The number of aromatic nitrogens is 3. The number of aryl methyl sites for hydroxylation is 1. The highest BCUT2D eigenvalue weighted by molar-refractivity contribution is 7.09. The Kier molecular flexibility index (Phi) is 4.62. The van der Waals surface area contributed by atoms with Crippen molar-refractivity contribution in [3.8, 4) is 5.69 Å². The van der Waals surface area contributed by atoms with Gasteiger partial charge in [-0.15, -0.1) is 11.3 Å². The molecular weight excluding hydrogens is 338 g/mol. The molecule has 3 aromatic rings. The summed E-state index contributed by atoms with van der Waals surface area (Å²) in [5.41, 5.74) is 7.49. The molecule has 0 saturated heterocycles. The molecule has 2 N–H and O–H groups in total. The molecule has 0 aliphatic rings. The monoisotopic (exact) mass is 355 g/mol. The van der Waals surface area contributed by atoms with Crippen molar-refractivity contribution in [2.24, 2.45) is 5.73 Å². The van der Waals surface area contributed by atoms with E-state index in [1.807, 2.05) is 12.3 Å². The minimum absolute atomic E-state index is 0.223. The van der Waals surface area contributed by atoms with Gasteiger partial charge in [-0.25, -0.2) is 9.97 Å². The lowest BCUT2D eigenvalue weighted by Crippen LogP contribution is -2.28. The van der Waals surface area contributed by atoms with Crippen LogP contribution in [0.2, 0.25) is 0 Å². The van der Waals surface area contributed by atoms with Gasteiger partial charge in [-0.3, -0.25) is 9.59 Å². The highest BCUT2D eigenvalue weighted by Crippen LogP contribution is 2.22. The molecule has 2 aromatic heterocycles. The van der Waals surface area contributed by atoms with E-state index in [-0.39, 0.29) is 11.5 Å². The standard InChI is InChI=1S/C17H17N5O2S/c1-11-9-25-14(20-11)8-21(2)17(24)13-5-3-4-12(16(18)23)15(13)22-7-6-19-10-22/h3-7,9-10H,8H2,1-2H3,(H2,18,23). The van der Waals surface area contributed by atoms with E-state index in [1.165, 1.54) is 17.7 Å². The Morgan fingerprint density at radius 3 is 2.68 bits per heavy atom. The Labute approximate surface area is 148 Å². The number of rotatable bonds is 5. The van der Waals surface area contributed by atoms with Crippen LogP contribution in [0.1, 0.15) is 31.4 Å². The van der Waals surface area contributed by atoms with Crippen LogP contribution in [0, 0.1) is 6.92 Å². The second-order valence-electron chi connectivity index (χ2n) is 5.58. The van der Waals surface area contributed by atoms with Crippen LogP contribution < -0.4 is 5.73 Å². The Hall–Kier alpha value is -3.00. The summed E-state index contributed by atoms with van der Waals surface area (Å²) in [5.74, 6) is -0.823. The topological polar surface area (TPSA) is 94.1 Å². The van der Waals surface area contributed by atoms with Crippen LogP contribution in [0.5, 0.6) is 0 Å². The van der Waals surface area contributed by atoms with E-state index in [2.05, 4.69) is 9.97 Å². The number of nitrogens with zero attached hydrogens (tertiary/aromatic N) is 4. The molecule has 25 heavy (non-hydrogen) atoms. The van der Waals surface area contributed by atoms with E-state index in [0.717, 1.165) is 10.7 Å². The molecule has 0 spiro atoms. The lowest BCUT2D eigenvalue weighted by molar-refractivity contribution is 0.0785. The normalized spacial score (nSPS) is 10.6. The molecule has 3 rings (SSSR count). The van der Waals surface area contributed by atoms with Gasteiger partial charge >= 0.3 is 0 Å². The Morgan fingerprint density at radius 2 is 2.08 bits per heavy atom. The van der Waals surface area contributed by atoms with E-state index < -0.39 is 5.91 Å². The molecule has 0 aliphatic heterocycles. The molecule has 0 unspecified atom stereocenters. The lowest BCUT2D eigenvalue weighted by Gasteiger charge is -2.19. The molecule has 2 amide bonds. The summed E-state index contributed by atoms with van der Waals surface area (Å²) >= 11 is 1.51. The van der Waals surface area contributed by atoms with Gasteiger partial charge in [0.25, 0.3) is 11.8 Å².